The van der Waals surface area contributed by atoms with E-state index in [9.17, 15) is 0 Å². The fourth-order valence-corrected chi connectivity index (χ4v) is 2.79. The summed E-state index contributed by atoms with van der Waals surface area (Å²) in [6, 6.07) is 19.6. The number of hydrogen-bond acceptors (Lipinski definition) is 0. The quantitative estimate of drug-likeness (QED) is 0.658. The molecule has 2 aromatic carbocycles. The maximum absolute atomic E-state index is 6.08. The Bertz CT molecular complexity index is 513. The molecule has 0 N–H and O–H groups in total. The highest BCUT2D eigenvalue weighted by Crippen LogP contribution is 2.54. The zero-order valence-corrected chi connectivity index (χ0v) is 11.3. The van der Waals surface area contributed by atoms with E-state index >= 15 is 0 Å². The van der Waals surface area contributed by atoms with Crippen molar-refractivity contribution >= 4 is 11.6 Å². The third-order valence-electron chi connectivity index (χ3n) is 3.84. The summed E-state index contributed by atoms with van der Waals surface area (Å²) < 4.78 is 0. The van der Waals surface area contributed by atoms with Crippen molar-refractivity contribution in [3.63, 3.8) is 0 Å². The van der Waals surface area contributed by atoms with E-state index in [4.69, 9.17) is 11.6 Å². The Balaban J connectivity index is 1.75. The van der Waals surface area contributed by atoms with Gasteiger partial charge in [-0.05, 0) is 41.9 Å². The normalized spacial score (nSPS) is 23.7. The van der Waals surface area contributed by atoms with Gasteiger partial charge in [-0.15, -0.1) is 11.6 Å². The standard InChI is InChI=1S/C17H17Cl/c1-12(18)13-7-9-15(10-8-13)17-11-16(17)14-5-3-2-4-6-14/h2-10,12,16-17H,11H2,1H3/t12?,16-,17-/m0/s1. The molecule has 18 heavy (non-hydrogen) atoms. The molecule has 1 fully saturated rings. The molecule has 0 spiro atoms. The Kier molecular flexibility index (Phi) is 3.13. The van der Waals surface area contributed by atoms with Gasteiger partial charge in [0.15, 0.2) is 0 Å². The van der Waals surface area contributed by atoms with Crippen molar-refractivity contribution in [3.8, 4) is 0 Å². The van der Waals surface area contributed by atoms with Crippen molar-refractivity contribution in [3.05, 3.63) is 71.3 Å². The highest BCUT2D eigenvalue weighted by Gasteiger charge is 2.39. The van der Waals surface area contributed by atoms with E-state index in [0.717, 1.165) is 0 Å². The molecule has 1 unspecified atom stereocenters. The minimum atomic E-state index is 0.100. The van der Waals surface area contributed by atoms with Crippen molar-refractivity contribution in [2.24, 2.45) is 0 Å². The molecule has 0 saturated heterocycles. The molecule has 0 aromatic heterocycles. The summed E-state index contributed by atoms with van der Waals surface area (Å²) in [4.78, 5) is 0. The molecule has 0 amide bonds. The van der Waals surface area contributed by atoms with Gasteiger partial charge in [0.05, 0.1) is 5.38 Å². The topological polar surface area (TPSA) is 0 Å². The molecule has 0 bridgehead atoms. The second kappa shape index (κ2) is 4.78. The van der Waals surface area contributed by atoms with Crippen LogP contribution in [0.2, 0.25) is 0 Å². The van der Waals surface area contributed by atoms with Crippen LogP contribution in [0.15, 0.2) is 54.6 Å². The molecule has 0 nitrogen and oxygen atoms in total. The van der Waals surface area contributed by atoms with Crippen LogP contribution in [0, 0.1) is 0 Å². The van der Waals surface area contributed by atoms with E-state index in [1.165, 1.54) is 23.1 Å². The minimum Gasteiger partial charge on any atom is -0.118 e. The van der Waals surface area contributed by atoms with Gasteiger partial charge in [-0.25, -0.2) is 0 Å². The van der Waals surface area contributed by atoms with Crippen molar-refractivity contribution in [2.75, 3.05) is 0 Å². The Morgan fingerprint density at radius 1 is 0.889 bits per heavy atom. The lowest BCUT2D eigenvalue weighted by molar-refractivity contribution is 1.02. The molecule has 2 aromatic rings. The Hall–Kier alpha value is -1.27. The zero-order chi connectivity index (χ0) is 12.5. The molecule has 1 saturated carbocycles. The minimum absolute atomic E-state index is 0.100. The van der Waals surface area contributed by atoms with Gasteiger partial charge in [-0.2, -0.15) is 0 Å². The fraction of sp³-hybridized carbons (Fsp3) is 0.294. The lowest BCUT2D eigenvalue weighted by Crippen LogP contribution is -1.87. The van der Waals surface area contributed by atoms with Crippen molar-refractivity contribution in [1.29, 1.82) is 0 Å². The first-order chi connectivity index (χ1) is 8.75. The monoisotopic (exact) mass is 256 g/mol. The van der Waals surface area contributed by atoms with E-state index < -0.39 is 0 Å². The van der Waals surface area contributed by atoms with Gasteiger partial charge in [0.25, 0.3) is 0 Å². The summed E-state index contributed by atoms with van der Waals surface area (Å²) in [5.41, 5.74) is 4.12. The Labute approximate surface area is 114 Å². The molecule has 3 atom stereocenters. The third kappa shape index (κ3) is 2.30. The first kappa shape index (κ1) is 11.8. The molecular weight excluding hydrogens is 240 g/mol. The molecule has 1 aliphatic rings. The summed E-state index contributed by atoms with van der Waals surface area (Å²) in [5, 5.41) is 0.100. The van der Waals surface area contributed by atoms with E-state index in [1.807, 2.05) is 6.92 Å². The predicted octanol–water partition coefficient (Wildman–Crippen LogP) is 5.26. The first-order valence-electron chi connectivity index (χ1n) is 6.54. The van der Waals surface area contributed by atoms with Gasteiger partial charge in [-0.3, -0.25) is 0 Å². The van der Waals surface area contributed by atoms with Crippen LogP contribution < -0.4 is 0 Å². The van der Waals surface area contributed by atoms with E-state index in [1.54, 1.807) is 0 Å². The second-order valence-electron chi connectivity index (χ2n) is 5.14. The number of halogens is 1. The van der Waals surface area contributed by atoms with Crippen LogP contribution in [0.1, 0.15) is 47.2 Å². The van der Waals surface area contributed by atoms with Crippen LogP contribution in [-0.2, 0) is 0 Å². The first-order valence-corrected chi connectivity index (χ1v) is 6.98. The van der Waals surface area contributed by atoms with Gasteiger partial charge in [0, 0.05) is 0 Å². The van der Waals surface area contributed by atoms with Crippen LogP contribution >= 0.6 is 11.6 Å². The van der Waals surface area contributed by atoms with Crippen LogP contribution in [0.4, 0.5) is 0 Å². The van der Waals surface area contributed by atoms with Crippen LogP contribution in [-0.4, -0.2) is 0 Å². The van der Waals surface area contributed by atoms with Crippen LogP contribution in [0.3, 0.4) is 0 Å². The summed E-state index contributed by atoms with van der Waals surface area (Å²) >= 11 is 6.08. The van der Waals surface area contributed by atoms with Gasteiger partial charge in [0.1, 0.15) is 0 Å². The Morgan fingerprint density at radius 2 is 1.44 bits per heavy atom. The predicted molar refractivity (Wildman–Crippen MR) is 77.3 cm³/mol. The van der Waals surface area contributed by atoms with Gasteiger partial charge >= 0.3 is 0 Å². The summed E-state index contributed by atoms with van der Waals surface area (Å²) in [5.74, 6) is 1.41. The van der Waals surface area contributed by atoms with Gasteiger partial charge < -0.3 is 0 Å². The van der Waals surface area contributed by atoms with E-state index in [0.29, 0.717) is 11.8 Å². The smallest absolute Gasteiger partial charge is 0.0557 e. The average Bonchev–Trinajstić information content (AvgIpc) is 3.20. The molecule has 1 heteroatoms. The maximum atomic E-state index is 6.08. The fourth-order valence-electron chi connectivity index (χ4n) is 2.64. The Morgan fingerprint density at radius 3 is 2.00 bits per heavy atom. The molecule has 0 radical (unpaired) electrons. The average molecular weight is 257 g/mol. The van der Waals surface area contributed by atoms with Gasteiger partial charge in [0.2, 0.25) is 0 Å². The van der Waals surface area contributed by atoms with E-state index in [-0.39, 0.29) is 5.38 Å². The SMILES string of the molecule is CC(Cl)c1ccc([C@@H]2C[C@H]2c2ccccc2)cc1. The summed E-state index contributed by atoms with van der Waals surface area (Å²) in [6.07, 6.45) is 1.28. The third-order valence-corrected chi connectivity index (χ3v) is 4.09. The van der Waals surface area contributed by atoms with Crippen molar-refractivity contribution < 1.29 is 0 Å². The second-order valence-corrected chi connectivity index (χ2v) is 5.80. The highest BCUT2D eigenvalue weighted by atomic mass is 35.5. The molecule has 92 valence electrons. The molecule has 3 rings (SSSR count). The number of hydrogen-bond donors (Lipinski definition) is 0. The molecule has 0 aliphatic heterocycles. The summed E-state index contributed by atoms with van der Waals surface area (Å²) in [6.45, 7) is 2.01. The van der Waals surface area contributed by atoms with Crippen molar-refractivity contribution in [2.45, 2.75) is 30.6 Å². The highest BCUT2D eigenvalue weighted by molar-refractivity contribution is 6.20. The van der Waals surface area contributed by atoms with Crippen LogP contribution in [0.25, 0.3) is 0 Å². The maximum Gasteiger partial charge on any atom is 0.0557 e. The van der Waals surface area contributed by atoms with E-state index in [2.05, 4.69) is 54.6 Å². The van der Waals surface area contributed by atoms with Crippen molar-refractivity contribution in [1.82, 2.24) is 0 Å². The lowest BCUT2D eigenvalue weighted by atomic mass is 10.0. The molecular formula is C17H17Cl. The zero-order valence-electron chi connectivity index (χ0n) is 10.5. The molecule has 1 aliphatic carbocycles. The molecule has 0 heterocycles. The van der Waals surface area contributed by atoms with Crippen LogP contribution in [0.5, 0.6) is 0 Å². The summed E-state index contributed by atoms with van der Waals surface area (Å²) in [7, 11) is 0. The lowest BCUT2D eigenvalue weighted by Gasteiger charge is -2.05. The number of rotatable bonds is 3. The number of alkyl halides is 1. The number of benzene rings is 2. The largest absolute Gasteiger partial charge is 0.118 e. The van der Waals surface area contributed by atoms with Gasteiger partial charge in [-0.1, -0.05) is 54.6 Å².